The van der Waals surface area contributed by atoms with Crippen LogP contribution in [0, 0.1) is 0 Å². The molecule has 0 radical (unpaired) electrons. The highest BCUT2D eigenvalue weighted by molar-refractivity contribution is 5.97. The predicted octanol–water partition coefficient (Wildman–Crippen LogP) is 4.40. The number of hydrogen-bond donors (Lipinski definition) is 5. The summed E-state index contributed by atoms with van der Waals surface area (Å²) in [5, 5.41) is 26.4. The minimum absolute atomic E-state index is 0.000700. The van der Waals surface area contributed by atoms with Crippen molar-refractivity contribution in [2.24, 2.45) is 0 Å². The number of aromatic nitrogens is 3. The lowest BCUT2D eigenvalue weighted by molar-refractivity contribution is 0.149. The fourth-order valence-corrected chi connectivity index (χ4v) is 4.59. The Bertz CT molecular complexity index is 1330. The van der Waals surface area contributed by atoms with Crippen molar-refractivity contribution in [3.63, 3.8) is 0 Å². The largest absolute Gasteiger partial charge is 0.495 e. The van der Waals surface area contributed by atoms with Gasteiger partial charge in [-0.05, 0) is 61.6 Å². The molecule has 2 aromatic heterocycles. The highest BCUT2D eigenvalue weighted by Gasteiger charge is 2.23. The number of aromatic amines is 1. The van der Waals surface area contributed by atoms with Crippen molar-refractivity contribution in [1.29, 1.82) is 0 Å². The fraction of sp³-hybridized carbons (Fsp3) is 0.333. The van der Waals surface area contributed by atoms with Gasteiger partial charge in [0, 0.05) is 11.8 Å². The highest BCUT2D eigenvalue weighted by atomic mass is 16.5. The van der Waals surface area contributed by atoms with Crippen molar-refractivity contribution in [3.05, 3.63) is 59.8 Å². The average molecular weight is 490 g/mol. The van der Waals surface area contributed by atoms with Gasteiger partial charge in [-0.25, -0.2) is 0 Å². The summed E-state index contributed by atoms with van der Waals surface area (Å²) >= 11 is 0. The minimum Gasteiger partial charge on any atom is -0.495 e. The Kier molecular flexibility index (Phi) is 7.04. The number of ether oxygens (including phenoxy) is 2. The smallest absolute Gasteiger partial charge is 0.232 e. The first kappa shape index (κ1) is 24.1. The molecule has 5 rings (SSSR count). The molecule has 0 bridgehead atoms. The zero-order valence-electron chi connectivity index (χ0n) is 20.4. The molecule has 0 aliphatic heterocycles. The van der Waals surface area contributed by atoms with Crippen LogP contribution in [0.5, 0.6) is 11.6 Å². The van der Waals surface area contributed by atoms with E-state index in [1.54, 1.807) is 20.2 Å². The van der Waals surface area contributed by atoms with Gasteiger partial charge in [-0.3, -0.25) is 5.32 Å². The molecule has 1 saturated carbocycles. The molecule has 2 aromatic carbocycles. The molecule has 1 unspecified atom stereocenters. The van der Waals surface area contributed by atoms with Gasteiger partial charge in [0.05, 0.1) is 24.8 Å². The van der Waals surface area contributed by atoms with E-state index >= 15 is 0 Å². The van der Waals surface area contributed by atoms with Crippen molar-refractivity contribution in [3.8, 4) is 22.8 Å². The molecule has 9 heteroatoms. The van der Waals surface area contributed by atoms with Crippen molar-refractivity contribution in [2.45, 2.75) is 44.6 Å². The van der Waals surface area contributed by atoms with E-state index in [0.717, 1.165) is 47.8 Å². The number of aliphatic hydroxyl groups excluding tert-OH is 2. The lowest BCUT2D eigenvalue weighted by Crippen LogP contribution is -2.15. The number of fused-ring (bicyclic) bond motifs is 1. The van der Waals surface area contributed by atoms with E-state index in [1.165, 1.54) is 0 Å². The third-order valence-corrected chi connectivity index (χ3v) is 6.59. The summed E-state index contributed by atoms with van der Waals surface area (Å²) in [6.07, 6.45) is 5.53. The summed E-state index contributed by atoms with van der Waals surface area (Å²) in [6.45, 7) is 0.000700. The highest BCUT2D eigenvalue weighted by Crippen LogP contribution is 2.37. The van der Waals surface area contributed by atoms with Crippen molar-refractivity contribution < 1.29 is 19.7 Å². The molecule has 1 fully saturated rings. The van der Waals surface area contributed by atoms with Crippen molar-refractivity contribution in [1.82, 2.24) is 20.3 Å². The number of H-pyrrole nitrogens is 1. The van der Waals surface area contributed by atoms with Crippen LogP contribution >= 0.6 is 0 Å². The van der Waals surface area contributed by atoms with Crippen LogP contribution in [-0.2, 0) is 6.61 Å². The van der Waals surface area contributed by atoms with E-state index in [2.05, 4.69) is 15.6 Å². The maximum atomic E-state index is 10.1. The Morgan fingerprint density at radius 3 is 2.58 bits per heavy atom. The van der Waals surface area contributed by atoms with Gasteiger partial charge in [-0.15, -0.1) is 0 Å². The Hall–Kier alpha value is -3.66. The van der Waals surface area contributed by atoms with Crippen LogP contribution in [0.3, 0.4) is 0 Å². The molecule has 0 amide bonds. The second kappa shape index (κ2) is 10.5. The number of aliphatic hydroxyl groups is 2. The normalized spacial score (nSPS) is 14.8. The van der Waals surface area contributed by atoms with E-state index in [4.69, 9.17) is 19.4 Å². The van der Waals surface area contributed by atoms with Crippen LogP contribution in [0.2, 0.25) is 0 Å². The lowest BCUT2D eigenvalue weighted by Gasteiger charge is -2.17. The molecule has 36 heavy (non-hydrogen) atoms. The van der Waals surface area contributed by atoms with Gasteiger partial charge < -0.3 is 30.0 Å². The number of nitrogens with one attached hydrogen (secondary N) is 3. The molecular weight excluding hydrogens is 458 g/mol. The Morgan fingerprint density at radius 2 is 1.89 bits per heavy atom. The molecule has 9 nitrogen and oxygen atoms in total. The predicted molar refractivity (Wildman–Crippen MR) is 138 cm³/mol. The summed E-state index contributed by atoms with van der Waals surface area (Å²) in [5.74, 6) is 1.46. The first-order chi connectivity index (χ1) is 17.6. The molecule has 5 N–H and O–H groups in total. The molecule has 188 valence electrons. The number of methoxy groups -OCH3 is 1. The minimum atomic E-state index is -0.796. The van der Waals surface area contributed by atoms with E-state index in [0.29, 0.717) is 34.5 Å². The first-order valence-corrected chi connectivity index (χ1v) is 12.2. The zero-order valence-corrected chi connectivity index (χ0v) is 20.4. The molecule has 1 aliphatic carbocycles. The molecule has 1 aliphatic rings. The van der Waals surface area contributed by atoms with Crippen LogP contribution in [0.25, 0.3) is 22.2 Å². The van der Waals surface area contributed by atoms with E-state index < -0.39 is 6.23 Å². The third-order valence-electron chi connectivity index (χ3n) is 6.59. The Labute approximate surface area is 209 Å². The van der Waals surface area contributed by atoms with Gasteiger partial charge in [0.2, 0.25) is 11.8 Å². The first-order valence-electron chi connectivity index (χ1n) is 12.2. The van der Waals surface area contributed by atoms with Gasteiger partial charge in [0.15, 0.2) is 0 Å². The topological polar surface area (TPSA) is 125 Å². The Morgan fingerprint density at radius 1 is 1.11 bits per heavy atom. The monoisotopic (exact) mass is 489 g/mol. The standard InChI is InChI=1S/C27H31N5O4/c1-28-25(34)18-11-12-21(22(13-18)35-2)30-27-31-24-23(26(32-27)36-19-5-3-4-6-19)20(14-29-24)17-9-7-16(15-33)8-10-17/h7-14,19,25,28,33-34H,3-6,15H2,1-2H3,(H2,29,30,31,32). The summed E-state index contributed by atoms with van der Waals surface area (Å²) in [6, 6.07) is 13.2. The Balaban J connectivity index is 1.54. The number of nitrogens with zero attached hydrogens (tertiary/aromatic N) is 2. The van der Waals surface area contributed by atoms with Crippen LogP contribution in [0.15, 0.2) is 48.7 Å². The second-order valence-corrected chi connectivity index (χ2v) is 8.93. The summed E-state index contributed by atoms with van der Waals surface area (Å²) in [5.41, 5.74) is 4.79. The molecule has 1 atom stereocenters. The molecule has 0 saturated heterocycles. The van der Waals surface area contributed by atoms with Gasteiger partial charge in [-0.1, -0.05) is 30.3 Å². The number of hydrogen-bond acceptors (Lipinski definition) is 8. The number of benzene rings is 2. The summed E-state index contributed by atoms with van der Waals surface area (Å²) in [7, 11) is 3.26. The van der Waals surface area contributed by atoms with Gasteiger partial charge in [-0.2, -0.15) is 9.97 Å². The maximum absolute atomic E-state index is 10.1. The van der Waals surface area contributed by atoms with Crippen LogP contribution in [0.1, 0.15) is 43.0 Å². The molecular formula is C27H31N5O4. The van der Waals surface area contributed by atoms with Crippen molar-refractivity contribution >= 4 is 22.7 Å². The summed E-state index contributed by atoms with van der Waals surface area (Å²) in [4.78, 5) is 12.8. The average Bonchev–Trinajstić information content (AvgIpc) is 3.58. The lowest BCUT2D eigenvalue weighted by atomic mass is 10.0. The second-order valence-electron chi connectivity index (χ2n) is 8.93. The van der Waals surface area contributed by atoms with Crippen LogP contribution < -0.4 is 20.1 Å². The van der Waals surface area contributed by atoms with E-state index in [1.807, 2.05) is 42.6 Å². The van der Waals surface area contributed by atoms with Gasteiger partial charge in [0.1, 0.15) is 23.7 Å². The quantitative estimate of drug-likeness (QED) is 0.219. The summed E-state index contributed by atoms with van der Waals surface area (Å²) < 4.78 is 12.0. The third kappa shape index (κ3) is 4.86. The van der Waals surface area contributed by atoms with Gasteiger partial charge >= 0.3 is 0 Å². The number of anilines is 2. The maximum Gasteiger partial charge on any atom is 0.232 e. The van der Waals surface area contributed by atoms with Crippen molar-refractivity contribution in [2.75, 3.05) is 19.5 Å². The molecule has 0 spiro atoms. The molecule has 2 heterocycles. The van der Waals surface area contributed by atoms with Crippen LogP contribution in [0.4, 0.5) is 11.6 Å². The van der Waals surface area contributed by atoms with Gasteiger partial charge in [0.25, 0.3) is 0 Å². The van der Waals surface area contributed by atoms with E-state index in [9.17, 15) is 10.2 Å². The zero-order chi connectivity index (χ0) is 25.1. The van der Waals surface area contributed by atoms with Crippen LogP contribution in [-0.4, -0.2) is 45.4 Å². The molecule has 4 aromatic rings. The number of rotatable bonds is 9. The fourth-order valence-electron chi connectivity index (χ4n) is 4.59. The SMILES string of the molecule is CNC(O)c1ccc(Nc2nc(OC3CCCC3)c3c(-c4ccc(CO)cc4)c[nH]c3n2)c(OC)c1. The van der Waals surface area contributed by atoms with E-state index in [-0.39, 0.29) is 12.7 Å².